The zero-order chi connectivity index (χ0) is 22.1. The van der Waals surface area contributed by atoms with E-state index in [0.717, 1.165) is 48.2 Å². The van der Waals surface area contributed by atoms with E-state index < -0.39 is 0 Å². The first-order chi connectivity index (χ1) is 15.1. The SMILES string of the molecule is CCCCCCCCc1cccc(C2=C(CCCC)C=C(c3ccc(C)cc3)[N+]2=[N-])c1. The zero-order valence-corrected chi connectivity index (χ0v) is 19.7. The van der Waals surface area contributed by atoms with Crippen molar-refractivity contribution in [1.82, 2.24) is 0 Å². The molecule has 0 aromatic heterocycles. The number of rotatable bonds is 12. The maximum Gasteiger partial charge on any atom is 0.210 e. The van der Waals surface area contributed by atoms with Gasteiger partial charge in [0.25, 0.3) is 0 Å². The highest BCUT2D eigenvalue weighted by Crippen LogP contribution is 2.37. The Bertz CT molecular complexity index is 931. The van der Waals surface area contributed by atoms with Crippen LogP contribution in [0.4, 0.5) is 0 Å². The molecule has 0 bridgehead atoms. The van der Waals surface area contributed by atoms with Crippen LogP contribution in [0.2, 0.25) is 0 Å². The van der Waals surface area contributed by atoms with E-state index in [0.29, 0.717) is 0 Å². The fourth-order valence-corrected chi connectivity index (χ4v) is 4.33. The Labute approximate surface area is 189 Å². The lowest BCUT2D eigenvalue weighted by Crippen LogP contribution is -2.03. The normalized spacial score (nSPS) is 13.8. The van der Waals surface area contributed by atoms with Crippen molar-refractivity contribution < 1.29 is 4.70 Å². The van der Waals surface area contributed by atoms with Crippen molar-refractivity contribution in [3.63, 3.8) is 0 Å². The Morgan fingerprint density at radius 3 is 2.19 bits per heavy atom. The third kappa shape index (κ3) is 6.26. The molecule has 2 aromatic carbocycles. The van der Waals surface area contributed by atoms with Crippen LogP contribution in [0, 0.1) is 6.92 Å². The topological polar surface area (TPSA) is 25.3 Å². The summed E-state index contributed by atoms with van der Waals surface area (Å²) in [4.78, 5) is 0. The van der Waals surface area contributed by atoms with Crippen LogP contribution in [0.25, 0.3) is 16.9 Å². The highest BCUT2D eigenvalue weighted by atomic mass is 15.2. The highest BCUT2D eigenvalue weighted by molar-refractivity contribution is 5.78. The molecule has 164 valence electrons. The summed E-state index contributed by atoms with van der Waals surface area (Å²) >= 11 is 0. The van der Waals surface area contributed by atoms with Crippen molar-refractivity contribution in [2.75, 3.05) is 0 Å². The summed E-state index contributed by atoms with van der Waals surface area (Å²) in [6.45, 7) is 6.58. The first-order valence-corrected chi connectivity index (χ1v) is 12.2. The third-order valence-electron chi connectivity index (χ3n) is 6.22. The highest BCUT2D eigenvalue weighted by Gasteiger charge is 2.28. The molecule has 1 aliphatic rings. The van der Waals surface area contributed by atoms with Crippen LogP contribution in [0.1, 0.15) is 93.9 Å². The predicted octanol–water partition coefficient (Wildman–Crippen LogP) is 8.89. The number of allylic oxidation sites excluding steroid dienone is 2. The van der Waals surface area contributed by atoms with Crippen LogP contribution in [-0.2, 0) is 6.42 Å². The standard InChI is InChI=1S/C29H38N2/c1-4-6-8-9-10-11-13-24-14-12-16-26(21-24)29-27(15-7-5-2)22-28(31(29)30)25-19-17-23(3)18-20-25/h12,14,16-22H,4-11,13,15H2,1-3H3. The average Bonchev–Trinajstić information content (AvgIpc) is 3.11. The molecule has 0 spiro atoms. The minimum absolute atomic E-state index is 0.877. The number of nitrogens with zero attached hydrogens (tertiary/aromatic N) is 2. The molecule has 2 aromatic rings. The maximum atomic E-state index is 11.2. The molecule has 1 aliphatic heterocycles. The van der Waals surface area contributed by atoms with Crippen LogP contribution >= 0.6 is 0 Å². The summed E-state index contributed by atoms with van der Waals surface area (Å²) in [5, 5.41) is 0. The van der Waals surface area contributed by atoms with Gasteiger partial charge in [0.05, 0.1) is 0 Å². The van der Waals surface area contributed by atoms with Gasteiger partial charge in [-0.05, 0) is 62.4 Å². The van der Waals surface area contributed by atoms with E-state index in [2.05, 4.69) is 75.4 Å². The summed E-state index contributed by atoms with van der Waals surface area (Å²) in [5.74, 6) is 0. The minimum atomic E-state index is 0.877. The van der Waals surface area contributed by atoms with Crippen molar-refractivity contribution in [2.45, 2.75) is 85.0 Å². The van der Waals surface area contributed by atoms with E-state index in [1.54, 1.807) is 0 Å². The summed E-state index contributed by atoms with van der Waals surface area (Å²) in [7, 11) is 0. The monoisotopic (exact) mass is 414 g/mol. The van der Waals surface area contributed by atoms with Gasteiger partial charge in [0, 0.05) is 22.8 Å². The second kappa shape index (κ2) is 11.8. The number of hydrogen-bond donors (Lipinski definition) is 0. The molecule has 3 rings (SSSR count). The smallest absolute Gasteiger partial charge is 0.210 e. The Balaban J connectivity index is 1.77. The van der Waals surface area contributed by atoms with Gasteiger partial charge >= 0.3 is 0 Å². The van der Waals surface area contributed by atoms with Crippen molar-refractivity contribution >= 4 is 11.4 Å². The molecular formula is C29H38N2. The van der Waals surface area contributed by atoms with Crippen LogP contribution in [0.5, 0.6) is 0 Å². The van der Waals surface area contributed by atoms with Crippen molar-refractivity contribution in [3.8, 4) is 0 Å². The Kier molecular flexibility index (Phi) is 8.82. The molecule has 2 heteroatoms. The van der Waals surface area contributed by atoms with Gasteiger partial charge in [-0.25, -0.2) is 4.70 Å². The van der Waals surface area contributed by atoms with Crippen LogP contribution in [0.3, 0.4) is 0 Å². The van der Waals surface area contributed by atoms with Crippen molar-refractivity contribution in [2.24, 2.45) is 0 Å². The summed E-state index contributed by atoms with van der Waals surface area (Å²) in [6.07, 6.45) is 14.4. The number of unbranched alkanes of at least 4 members (excludes halogenated alkanes) is 6. The molecule has 0 saturated carbocycles. The molecule has 2 nitrogen and oxygen atoms in total. The molecule has 1 heterocycles. The molecule has 0 N–H and O–H groups in total. The molecule has 0 unspecified atom stereocenters. The lowest BCUT2D eigenvalue weighted by Gasteiger charge is -2.11. The Morgan fingerprint density at radius 2 is 1.45 bits per heavy atom. The first-order valence-electron chi connectivity index (χ1n) is 12.2. The fourth-order valence-electron chi connectivity index (χ4n) is 4.33. The summed E-state index contributed by atoms with van der Waals surface area (Å²) in [5.41, 5.74) is 19.0. The molecule has 0 aliphatic carbocycles. The summed E-state index contributed by atoms with van der Waals surface area (Å²) < 4.78 is 1.42. The number of hydrogen-bond acceptors (Lipinski definition) is 0. The van der Waals surface area contributed by atoms with Crippen molar-refractivity contribution in [3.05, 3.63) is 88.0 Å². The van der Waals surface area contributed by atoms with E-state index >= 15 is 0 Å². The molecule has 31 heavy (non-hydrogen) atoms. The number of aryl methyl sites for hydroxylation is 2. The minimum Gasteiger partial charge on any atom is -0.493 e. The Hall–Kier alpha value is -2.48. The van der Waals surface area contributed by atoms with E-state index in [1.807, 2.05) is 0 Å². The molecular weight excluding hydrogens is 376 g/mol. The van der Waals surface area contributed by atoms with Crippen molar-refractivity contribution in [1.29, 1.82) is 0 Å². The quantitative estimate of drug-likeness (QED) is 0.245. The Morgan fingerprint density at radius 1 is 0.742 bits per heavy atom. The lowest BCUT2D eigenvalue weighted by atomic mass is 9.99. The first kappa shape index (κ1) is 23.2. The molecule has 0 radical (unpaired) electrons. The molecule has 0 amide bonds. The third-order valence-corrected chi connectivity index (χ3v) is 6.22. The van der Waals surface area contributed by atoms with Gasteiger partial charge in [0.1, 0.15) is 0 Å². The van der Waals surface area contributed by atoms with Gasteiger partial charge in [0.15, 0.2) is 0 Å². The lowest BCUT2D eigenvalue weighted by molar-refractivity contribution is -0.344. The maximum absolute atomic E-state index is 11.2. The fraction of sp³-hybridized carbons (Fsp3) is 0.448. The van der Waals surface area contributed by atoms with E-state index in [9.17, 15) is 5.53 Å². The van der Waals surface area contributed by atoms with Gasteiger partial charge in [-0.15, -0.1) is 0 Å². The number of benzene rings is 2. The van der Waals surface area contributed by atoms with E-state index in [4.69, 9.17) is 0 Å². The van der Waals surface area contributed by atoms with Gasteiger partial charge < -0.3 is 5.53 Å². The molecule has 0 atom stereocenters. The van der Waals surface area contributed by atoms with Crippen LogP contribution < -0.4 is 0 Å². The van der Waals surface area contributed by atoms with Crippen LogP contribution in [0.15, 0.2) is 60.2 Å². The predicted molar refractivity (Wildman–Crippen MR) is 133 cm³/mol. The summed E-state index contributed by atoms with van der Waals surface area (Å²) in [6, 6.07) is 17.2. The van der Waals surface area contributed by atoms with Gasteiger partial charge in [-0.3, -0.25) is 0 Å². The van der Waals surface area contributed by atoms with Gasteiger partial charge in [0.2, 0.25) is 11.4 Å². The van der Waals surface area contributed by atoms with Crippen LogP contribution in [-0.4, -0.2) is 4.70 Å². The van der Waals surface area contributed by atoms with Gasteiger partial charge in [-0.2, -0.15) is 0 Å². The zero-order valence-electron chi connectivity index (χ0n) is 19.7. The molecule has 0 fully saturated rings. The van der Waals surface area contributed by atoms with E-state index in [1.165, 1.54) is 59.9 Å². The average molecular weight is 415 g/mol. The van der Waals surface area contributed by atoms with E-state index in [-0.39, 0.29) is 0 Å². The second-order valence-electron chi connectivity index (χ2n) is 8.90. The van der Waals surface area contributed by atoms with Gasteiger partial charge in [-0.1, -0.05) is 82.2 Å². The molecule has 0 saturated heterocycles. The largest absolute Gasteiger partial charge is 0.493 e. The second-order valence-corrected chi connectivity index (χ2v) is 8.90.